The van der Waals surface area contributed by atoms with Gasteiger partial charge >= 0.3 is 6.18 Å². The lowest BCUT2D eigenvalue weighted by molar-refractivity contribution is -0.137. The van der Waals surface area contributed by atoms with E-state index in [-0.39, 0.29) is 16.5 Å². The predicted molar refractivity (Wildman–Crippen MR) is 114 cm³/mol. The zero-order valence-corrected chi connectivity index (χ0v) is 17.0. The number of aryl methyl sites for hydroxylation is 1. The van der Waals surface area contributed by atoms with Crippen molar-refractivity contribution < 1.29 is 18.3 Å². The van der Waals surface area contributed by atoms with Gasteiger partial charge in [-0.25, -0.2) is 4.98 Å². The second kappa shape index (κ2) is 8.07. The Labute approximate surface area is 181 Å². The number of nitrogens with one attached hydrogen (secondary N) is 1. The summed E-state index contributed by atoms with van der Waals surface area (Å²) in [4.78, 5) is 8.74. The van der Waals surface area contributed by atoms with E-state index >= 15 is 0 Å². The number of phenolic OH excluding ortho intramolecular Hbond substituents is 1. The Morgan fingerprint density at radius 3 is 2.52 bits per heavy atom. The molecule has 4 aromatic rings. The molecule has 0 fully saturated rings. The molecule has 8 heteroatoms. The molecule has 0 bridgehead atoms. The van der Waals surface area contributed by atoms with E-state index in [4.69, 9.17) is 11.6 Å². The number of rotatable bonds is 4. The number of fused-ring (bicyclic) bond motifs is 1. The van der Waals surface area contributed by atoms with E-state index in [1.807, 2.05) is 19.1 Å². The van der Waals surface area contributed by atoms with Crippen molar-refractivity contribution in [2.45, 2.75) is 19.1 Å². The fourth-order valence-corrected chi connectivity index (χ4v) is 3.52. The number of hydrogen-bond acceptors (Lipinski definition) is 4. The summed E-state index contributed by atoms with van der Waals surface area (Å²) in [7, 11) is 0. The highest BCUT2D eigenvalue weighted by molar-refractivity contribution is 6.33. The molecule has 0 aliphatic heterocycles. The highest BCUT2D eigenvalue weighted by Crippen LogP contribution is 2.39. The molecule has 2 aromatic heterocycles. The summed E-state index contributed by atoms with van der Waals surface area (Å²) < 4.78 is 39.7. The third kappa shape index (κ3) is 4.27. The van der Waals surface area contributed by atoms with Crippen molar-refractivity contribution in [1.82, 2.24) is 9.97 Å². The first-order valence-electron chi connectivity index (χ1n) is 9.37. The van der Waals surface area contributed by atoms with E-state index < -0.39 is 17.8 Å². The Balaban J connectivity index is 1.86. The Morgan fingerprint density at radius 2 is 1.81 bits per heavy atom. The first kappa shape index (κ1) is 20.9. The second-order valence-electron chi connectivity index (χ2n) is 7.05. The molecule has 0 spiro atoms. The molecule has 0 saturated heterocycles. The summed E-state index contributed by atoms with van der Waals surface area (Å²) in [6, 6.07) is 14.6. The molecule has 2 N–H and O–H groups in total. The number of nitrogens with zero attached hydrogens (tertiary/aromatic N) is 2. The minimum atomic E-state index is -4.52. The number of pyridine rings is 2. The van der Waals surface area contributed by atoms with Gasteiger partial charge in [-0.05, 0) is 43.3 Å². The molecule has 4 nitrogen and oxygen atoms in total. The average molecular weight is 444 g/mol. The summed E-state index contributed by atoms with van der Waals surface area (Å²) >= 11 is 6.20. The van der Waals surface area contributed by atoms with Gasteiger partial charge in [-0.3, -0.25) is 4.98 Å². The maximum Gasteiger partial charge on any atom is 0.416 e. The van der Waals surface area contributed by atoms with Crippen LogP contribution in [0.4, 0.5) is 18.9 Å². The lowest BCUT2D eigenvalue weighted by Gasteiger charge is -2.23. The standard InChI is InChI=1S/C23H17ClF3N3O/c1-13-5-6-14-7-9-16(22(31)20(14)29-13)21(18-4-2-3-11-28-18)30-19-12-15(23(25,26)27)8-10-17(19)24/h2-12,21,30-31H,1H3. The van der Waals surface area contributed by atoms with Crippen molar-refractivity contribution in [3.63, 3.8) is 0 Å². The number of alkyl halides is 3. The first-order chi connectivity index (χ1) is 14.7. The molecular formula is C23H17ClF3N3O. The number of phenols is 1. The summed E-state index contributed by atoms with van der Waals surface area (Å²) in [6.07, 6.45) is -2.95. The highest BCUT2D eigenvalue weighted by Gasteiger charge is 2.31. The van der Waals surface area contributed by atoms with Gasteiger partial charge in [0.05, 0.1) is 28.0 Å². The number of anilines is 1. The minimum Gasteiger partial charge on any atom is -0.505 e. The quantitative estimate of drug-likeness (QED) is 0.377. The van der Waals surface area contributed by atoms with Crippen LogP contribution < -0.4 is 5.32 Å². The van der Waals surface area contributed by atoms with Crippen LogP contribution in [0.3, 0.4) is 0 Å². The maximum atomic E-state index is 13.2. The fourth-order valence-electron chi connectivity index (χ4n) is 3.35. The Morgan fingerprint density at radius 1 is 1.03 bits per heavy atom. The Hall–Kier alpha value is -3.32. The molecule has 2 heterocycles. The monoisotopic (exact) mass is 443 g/mol. The Kier molecular flexibility index (Phi) is 5.45. The van der Waals surface area contributed by atoms with Crippen LogP contribution in [0, 0.1) is 6.92 Å². The third-order valence-corrected chi connectivity index (χ3v) is 5.22. The lowest BCUT2D eigenvalue weighted by Crippen LogP contribution is -2.15. The first-order valence-corrected chi connectivity index (χ1v) is 9.75. The van der Waals surface area contributed by atoms with E-state index in [9.17, 15) is 18.3 Å². The number of aromatic hydroxyl groups is 1. The van der Waals surface area contributed by atoms with Gasteiger partial charge in [-0.15, -0.1) is 0 Å². The van der Waals surface area contributed by atoms with Crippen LogP contribution in [0.15, 0.2) is 66.9 Å². The van der Waals surface area contributed by atoms with Crippen LogP contribution in [0.25, 0.3) is 10.9 Å². The predicted octanol–water partition coefficient (Wildman–Crippen LogP) is 6.52. The molecule has 2 aromatic carbocycles. The number of aromatic nitrogens is 2. The third-order valence-electron chi connectivity index (χ3n) is 4.89. The van der Waals surface area contributed by atoms with E-state index in [1.54, 1.807) is 36.5 Å². The topological polar surface area (TPSA) is 58.0 Å². The number of halogens is 4. The van der Waals surface area contributed by atoms with Gasteiger partial charge in [0.1, 0.15) is 11.3 Å². The lowest BCUT2D eigenvalue weighted by atomic mass is 9.99. The molecule has 4 rings (SSSR count). The molecule has 0 amide bonds. The molecule has 0 saturated carbocycles. The van der Waals surface area contributed by atoms with Gasteiger partial charge in [-0.1, -0.05) is 35.9 Å². The molecule has 31 heavy (non-hydrogen) atoms. The summed E-state index contributed by atoms with van der Waals surface area (Å²) in [6.45, 7) is 1.81. The van der Waals surface area contributed by atoms with E-state index in [0.29, 0.717) is 16.8 Å². The van der Waals surface area contributed by atoms with Crippen LogP contribution >= 0.6 is 11.6 Å². The smallest absolute Gasteiger partial charge is 0.416 e. The van der Waals surface area contributed by atoms with Gasteiger partial charge in [0.25, 0.3) is 0 Å². The highest BCUT2D eigenvalue weighted by atomic mass is 35.5. The maximum absolute atomic E-state index is 13.2. The SMILES string of the molecule is Cc1ccc2ccc(C(Nc3cc(C(F)(F)F)ccc3Cl)c3ccccn3)c(O)c2n1. The van der Waals surface area contributed by atoms with Crippen LogP contribution in [0.1, 0.15) is 28.6 Å². The van der Waals surface area contributed by atoms with Gasteiger partial charge in [-0.2, -0.15) is 13.2 Å². The summed E-state index contributed by atoms with van der Waals surface area (Å²) in [5.74, 6) is -0.0764. The second-order valence-corrected chi connectivity index (χ2v) is 7.46. The molecule has 0 radical (unpaired) electrons. The summed E-state index contributed by atoms with van der Waals surface area (Å²) in [5, 5.41) is 14.9. The largest absolute Gasteiger partial charge is 0.505 e. The number of hydrogen-bond donors (Lipinski definition) is 2. The van der Waals surface area contributed by atoms with Gasteiger partial charge in [0, 0.05) is 22.8 Å². The molecule has 1 atom stereocenters. The number of benzene rings is 2. The summed E-state index contributed by atoms with van der Waals surface area (Å²) in [5.41, 5.74) is 1.28. The average Bonchev–Trinajstić information content (AvgIpc) is 2.74. The van der Waals surface area contributed by atoms with E-state index in [1.165, 1.54) is 6.07 Å². The zero-order valence-electron chi connectivity index (χ0n) is 16.3. The van der Waals surface area contributed by atoms with Crippen molar-refractivity contribution in [3.8, 4) is 5.75 Å². The van der Waals surface area contributed by atoms with Gasteiger partial charge in [0.2, 0.25) is 0 Å². The molecule has 0 aliphatic rings. The van der Waals surface area contributed by atoms with Crippen LogP contribution in [0.2, 0.25) is 5.02 Å². The van der Waals surface area contributed by atoms with Crippen LogP contribution in [0.5, 0.6) is 5.75 Å². The Bertz CT molecular complexity index is 1250. The molecular weight excluding hydrogens is 427 g/mol. The van der Waals surface area contributed by atoms with Crippen molar-refractivity contribution in [2.75, 3.05) is 5.32 Å². The van der Waals surface area contributed by atoms with Crippen LogP contribution in [-0.4, -0.2) is 15.1 Å². The van der Waals surface area contributed by atoms with Gasteiger partial charge in [0.15, 0.2) is 0 Å². The van der Waals surface area contributed by atoms with E-state index in [0.717, 1.165) is 23.2 Å². The van der Waals surface area contributed by atoms with E-state index in [2.05, 4.69) is 15.3 Å². The molecule has 0 aliphatic carbocycles. The zero-order chi connectivity index (χ0) is 22.2. The van der Waals surface area contributed by atoms with Crippen molar-refractivity contribution in [1.29, 1.82) is 0 Å². The fraction of sp³-hybridized carbons (Fsp3) is 0.130. The van der Waals surface area contributed by atoms with Crippen LogP contribution in [-0.2, 0) is 6.18 Å². The van der Waals surface area contributed by atoms with Crippen molar-refractivity contribution in [2.24, 2.45) is 0 Å². The molecule has 1 unspecified atom stereocenters. The van der Waals surface area contributed by atoms with Gasteiger partial charge < -0.3 is 10.4 Å². The normalized spacial score (nSPS) is 12.7. The minimum absolute atomic E-state index is 0.0730. The van der Waals surface area contributed by atoms with Crippen molar-refractivity contribution >= 4 is 28.2 Å². The van der Waals surface area contributed by atoms with Crippen molar-refractivity contribution in [3.05, 3.63) is 94.4 Å². The molecule has 158 valence electrons.